The SMILES string of the molecule is O=C(CN1CCN(C(=O)C2CCc3ccccc3C2)CC1)N1CCCC1. The van der Waals surface area contributed by atoms with Crippen LogP contribution in [0.15, 0.2) is 24.3 Å². The van der Waals surface area contributed by atoms with Gasteiger partial charge in [-0.1, -0.05) is 24.3 Å². The van der Waals surface area contributed by atoms with Crippen molar-refractivity contribution in [2.24, 2.45) is 5.92 Å². The third-order valence-corrected chi connectivity index (χ3v) is 6.20. The van der Waals surface area contributed by atoms with Crippen LogP contribution in [0.4, 0.5) is 0 Å². The van der Waals surface area contributed by atoms with E-state index in [1.807, 2.05) is 9.80 Å². The van der Waals surface area contributed by atoms with E-state index in [1.165, 1.54) is 11.1 Å². The highest BCUT2D eigenvalue weighted by Crippen LogP contribution is 2.27. The molecule has 26 heavy (non-hydrogen) atoms. The van der Waals surface area contributed by atoms with Crippen LogP contribution in [-0.4, -0.2) is 72.3 Å². The number of hydrogen-bond acceptors (Lipinski definition) is 3. The normalized spacial score (nSPS) is 23.8. The van der Waals surface area contributed by atoms with Crippen molar-refractivity contribution in [3.63, 3.8) is 0 Å². The lowest BCUT2D eigenvalue weighted by atomic mass is 9.83. The second-order valence-electron chi connectivity index (χ2n) is 7.90. The summed E-state index contributed by atoms with van der Waals surface area (Å²) in [5, 5.41) is 0. The molecule has 2 heterocycles. The van der Waals surface area contributed by atoms with Gasteiger partial charge in [-0.2, -0.15) is 0 Å². The first-order valence-corrected chi connectivity index (χ1v) is 10.1. The van der Waals surface area contributed by atoms with Crippen molar-refractivity contribution in [1.29, 1.82) is 0 Å². The molecule has 0 bridgehead atoms. The average Bonchev–Trinajstić information content (AvgIpc) is 3.23. The molecule has 1 aliphatic carbocycles. The molecule has 0 N–H and O–H groups in total. The number of rotatable bonds is 3. The number of carbonyl (C=O) groups excluding carboxylic acids is 2. The number of aryl methyl sites for hydroxylation is 1. The lowest BCUT2D eigenvalue weighted by Crippen LogP contribution is -2.52. The Balaban J connectivity index is 1.27. The van der Waals surface area contributed by atoms with Crippen molar-refractivity contribution in [3.8, 4) is 0 Å². The second-order valence-corrected chi connectivity index (χ2v) is 7.90. The molecule has 0 aromatic heterocycles. The van der Waals surface area contributed by atoms with E-state index in [1.54, 1.807) is 0 Å². The summed E-state index contributed by atoms with van der Waals surface area (Å²) in [6.45, 7) is 5.48. The maximum absolute atomic E-state index is 12.9. The molecule has 1 aromatic carbocycles. The van der Waals surface area contributed by atoms with Gasteiger partial charge in [0.25, 0.3) is 0 Å². The van der Waals surface area contributed by atoms with Crippen LogP contribution in [0.25, 0.3) is 0 Å². The molecule has 1 atom stereocenters. The highest BCUT2D eigenvalue weighted by Gasteiger charge is 2.31. The van der Waals surface area contributed by atoms with Crippen molar-refractivity contribution >= 4 is 11.8 Å². The third-order valence-electron chi connectivity index (χ3n) is 6.20. The smallest absolute Gasteiger partial charge is 0.236 e. The lowest BCUT2D eigenvalue weighted by Gasteiger charge is -2.37. The highest BCUT2D eigenvalue weighted by molar-refractivity contribution is 5.80. The minimum absolute atomic E-state index is 0.127. The molecule has 4 rings (SSSR count). The molecule has 3 aliphatic rings. The van der Waals surface area contributed by atoms with Crippen LogP contribution >= 0.6 is 0 Å². The molecule has 2 aliphatic heterocycles. The van der Waals surface area contributed by atoms with E-state index in [0.717, 1.165) is 71.4 Å². The van der Waals surface area contributed by atoms with E-state index in [-0.39, 0.29) is 11.8 Å². The van der Waals surface area contributed by atoms with Gasteiger partial charge in [0.2, 0.25) is 11.8 Å². The van der Waals surface area contributed by atoms with Gasteiger partial charge in [-0.25, -0.2) is 0 Å². The average molecular weight is 355 g/mol. The number of benzene rings is 1. The van der Waals surface area contributed by atoms with Crippen molar-refractivity contribution < 1.29 is 9.59 Å². The van der Waals surface area contributed by atoms with Crippen LogP contribution in [0, 0.1) is 5.92 Å². The number of piperazine rings is 1. The minimum Gasteiger partial charge on any atom is -0.342 e. The minimum atomic E-state index is 0.127. The van der Waals surface area contributed by atoms with E-state index in [2.05, 4.69) is 29.2 Å². The summed E-state index contributed by atoms with van der Waals surface area (Å²) in [4.78, 5) is 31.4. The monoisotopic (exact) mass is 355 g/mol. The first-order chi connectivity index (χ1) is 12.7. The summed E-state index contributed by atoms with van der Waals surface area (Å²) in [5.74, 6) is 0.693. The largest absolute Gasteiger partial charge is 0.342 e. The molecule has 2 amide bonds. The van der Waals surface area contributed by atoms with Gasteiger partial charge >= 0.3 is 0 Å². The van der Waals surface area contributed by atoms with Crippen LogP contribution in [0.2, 0.25) is 0 Å². The van der Waals surface area contributed by atoms with Crippen molar-refractivity contribution in [2.45, 2.75) is 32.1 Å². The van der Waals surface area contributed by atoms with Gasteiger partial charge in [0.15, 0.2) is 0 Å². The molecule has 2 fully saturated rings. The molecule has 0 spiro atoms. The van der Waals surface area contributed by atoms with E-state index >= 15 is 0 Å². The molecule has 2 saturated heterocycles. The quantitative estimate of drug-likeness (QED) is 0.826. The van der Waals surface area contributed by atoms with Gasteiger partial charge in [0.1, 0.15) is 0 Å². The molecule has 0 radical (unpaired) electrons. The van der Waals surface area contributed by atoms with Gasteiger partial charge < -0.3 is 9.80 Å². The third kappa shape index (κ3) is 3.78. The van der Waals surface area contributed by atoms with Crippen LogP contribution < -0.4 is 0 Å². The number of hydrogen-bond donors (Lipinski definition) is 0. The first-order valence-electron chi connectivity index (χ1n) is 10.1. The fourth-order valence-corrected chi connectivity index (χ4v) is 4.55. The van der Waals surface area contributed by atoms with Gasteiger partial charge in [0, 0.05) is 45.2 Å². The van der Waals surface area contributed by atoms with Crippen LogP contribution in [0.1, 0.15) is 30.4 Å². The Hall–Kier alpha value is -1.88. The van der Waals surface area contributed by atoms with E-state index in [0.29, 0.717) is 12.5 Å². The summed E-state index contributed by atoms with van der Waals surface area (Å²) >= 11 is 0. The second kappa shape index (κ2) is 7.78. The zero-order chi connectivity index (χ0) is 17.9. The number of amides is 2. The summed E-state index contributed by atoms with van der Waals surface area (Å²) in [6.07, 6.45) is 5.13. The molecule has 140 valence electrons. The van der Waals surface area contributed by atoms with Crippen molar-refractivity contribution in [1.82, 2.24) is 14.7 Å². The predicted molar refractivity (Wildman–Crippen MR) is 101 cm³/mol. The maximum Gasteiger partial charge on any atom is 0.236 e. The number of carbonyl (C=O) groups is 2. The number of nitrogens with zero attached hydrogens (tertiary/aromatic N) is 3. The lowest BCUT2D eigenvalue weighted by molar-refractivity contribution is -0.138. The standard InChI is InChI=1S/C21H29N3O2/c25-20(23-9-3-4-10-23)16-22-11-13-24(14-12-22)21(26)19-8-7-17-5-1-2-6-18(17)15-19/h1-2,5-6,19H,3-4,7-16H2. The summed E-state index contributed by atoms with van der Waals surface area (Å²) in [7, 11) is 0. The topological polar surface area (TPSA) is 43.9 Å². The van der Waals surface area contributed by atoms with Crippen molar-refractivity contribution in [3.05, 3.63) is 35.4 Å². The van der Waals surface area contributed by atoms with E-state index < -0.39 is 0 Å². The Kier molecular flexibility index (Phi) is 5.25. The number of fused-ring (bicyclic) bond motifs is 1. The molecular formula is C21H29N3O2. The van der Waals surface area contributed by atoms with Gasteiger partial charge in [-0.3, -0.25) is 14.5 Å². The fourth-order valence-electron chi connectivity index (χ4n) is 4.55. The summed E-state index contributed by atoms with van der Waals surface area (Å²) in [5.41, 5.74) is 2.74. The first kappa shape index (κ1) is 17.5. The zero-order valence-electron chi connectivity index (χ0n) is 15.5. The number of likely N-dealkylation sites (tertiary alicyclic amines) is 1. The molecule has 1 aromatic rings. The Labute approximate surface area is 155 Å². The van der Waals surface area contributed by atoms with Crippen LogP contribution in [-0.2, 0) is 22.4 Å². The molecular weight excluding hydrogens is 326 g/mol. The fraction of sp³-hybridized carbons (Fsp3) is 0.619. The van der Waals surface area contributed by atoms with E-state index in [9.17, 15) is 9.59 Å². The Morgan fingerprint density at radius 3 is 2.31 bits per heavy atom. The Morgan fingerprint density at radius 2 is 1.58 bits per heavy atom. The maximum atomic E-state index is 12.9. The van der Waals surface area contributed by atoms with Crippen molar-refractivity contribution in [2.75, 3.05) is 45.8 Å². The van der Waals surface area contributed by atoms with Gasteiger partial charge in [-0.15, -0.1) is 0 Å². The van der Waals surface area contributed by atoms with E-state index in [4.69, 9.17) is 0 Å². The molecule has 1 unspecified atom stereocenters. The summed E-state index contributed by atoms with van der Waals surface area (Å²) in [6, 6.07) is 8.51. The zero-order valence-corrected chi connectivity index (χ0v) is 15.5. The van der Waals surface area contributed by atoms with Gasteiger partial charge in [-0.05, 0) is 43.2 Å². The highest BCUT2D eigenvalue weighted by atomic mass is 16.2. The Morgan fingerprint density at radius 1 is 0.885 bits per heavy atom. The Bertz CT molecular complexity index is 661. The predicted octanol–water partition coefficient (Wildman–Crippen LogP) is 1.56. The molecule has 5 heteroatoms. The summed E-state index contributed by atoms with van der Waals surface area (Å²) < 4.78 is 0. The van der Waals surface area contributed by atoms with Crippen LogP contribution in [0.5, 0.6) is 0 Å². The van der Waals surface area contributed by atoms with Crippen LogP contribution in [0.3, 0.4) is 0 Å². The molecule has 5 nitrogen and oxygen atoms in total. The van der Waals surface area contributed by atoms with Gasteiger partial charge in [0.05, 0.1) is 6.54 Å². The molecule has 0 saturated carbocycles.